The van der Waals surface area contributed by atoms with Crippen LogP contribution in [0.15, 0.2) is 35.8 Å². The van der Waals surface area contributed by atoms with E-state index < -0.39 is 0 Å². The molecule has 148 valence electrons. The Balaban J connectivity index is 2.15. The minimum absolute atomic E-state index is 0.0133. The number of hydrogen-bond acceptors (Lipinski definition) is 4. The van der Waals surface area contributed by atoms with Gasteiger partial charge in [0.1, 0.15) is 11.5 Å². The van der Waals surface area contributed by atoms with E-state index in [9.17, 15) is 4.79 Å². The number of ketones is 1. The van der Waals surface area contributed by atoms with Crippen LogP contribution in [0, 0.1) is 13.8 Å². The molecule has 0 aliphatic carbocycles. The number of carbonyl (C=O) groups excluding carboxylic acids is 1. The molecule has 3 aromatic rings. The molecule has 0 atom stereocenters. The van der Waals surface area contributed by atoms with Gasteiger partial charge in [0, 0.05) is 17.7 Å². The third-order valence-electron chi connectivity index (χ3n) is 4.58. The largest absolute Gasteiger partial charge is 0.490 e. The molecule has 0 saturated carbocycles. The van der Waals surface area contributed by atoms with Gasteiger partial charge in [0.2, 0.25) is 17.8 Å². The smallest absolute Gasteiger partial charge is 0.231 e. The first-order chi connectivity index (χ1) is 13.3. The van der Waals surface area contributed by atoms with Gasteiger partial charge in [0.05, 0.1) is 22.6 Å². The van der Waals surface area contributed by atoms with Crippen molar-refractivity contribution >= 4 is 27.9 Å². The fourth-order valence-electron chi connectivity index (χ4n) is 3.14. The molecule has 0 saturated heterocycles. The Kier molecular flexibility index (Phi) is 6.04. The summed E-state index contributed by atoms with van der Waals surface area (Å²) in [6.07, 6.45) is -0.0241. The molecule has 0 N–H and O–H groups in total. The van der Waals surface area contributed by atoms with E-state index >= 15 is 0 Å². The van der Waals surface area contributed by atoms with Gasteiger partial charge in [-0.05, 0) is 40.7 Å². The minimum atomic E-state index is -0.0374. The highest BCUT2D eigenvalue weighted by molar-refractivity contribution is 7.09. The van der Waals surface area contributed by atoms with Crippen molar-refractivity contribution in [3.63, 3.8) is 0 Å². The van der Waals surface area contributed by atoms with Crippen LogP contribution in [0.2, 0.25) is 0 Å². The standard InChI is InChI=1S/C23H28NO3S/c1-14(2)26-22-11-20(21(25)12-24-13-28-17(6)16(24)5)23(27-15(3)4)19-10-8-7-9-18(19)22/h7-11,13-15H,12H2,1-6H3/q+1. The number of fused-ring (bicyclic) bond motifs is 1. The van der Waals surface area contributed by atoms with Crippen LogP contribution in [0.5, 0.6) is 11.5 Å². The maximum atomic E-state index is 13.3. The number of rotatable bonds is 7. The lowest BCUT2D eigenvalue weighted by molar-refractivity contribution is -0.684. The first kappa shape index (κ1) is 20.3. The van der Waals surface area contributed by atoms with Gasteiger partial charge >= 0.3 is 0 Å². The lowest BCUT2D eigenvalue weighted by atomic mass is 10.0. The van der Waals surface area contributed by atoms with Crippen molar-refractivity contribution in [1.29, 1.82) is 0 Å². The lowest BCUT2D eigenvalue weighted by Gasteiger charge is -2.19. The highest BCUT2D eigenvalue weighted by Gasteiger charge is 2.25. The first-order valence-electron chi connectivity index (χ1n) is 9.64. The lowest BCUT2D eigenvalue weighted by Crippen LogP contribution is -2.38. The van der Waals surface area contributed by atoms with Crippen molar-refractivity contribution < 1.29 is 18.8 Å². The van der Waals surface area contributed by atoms with Gasteiger partial charge in [-0.2, -0.15) is 4.57 Å². The van der Waals surface area contributed by atoms with Gasteiger partial charge in [-0.1, -0.05) is 35.6 Å². The van der Waals surface area contributed by atoms with E-state index in [4.69, 9.17) is 9.47 Å². The first-order valence-corrected chi connectivity index (χ1v) is 10.5. The van der Waals surface area contributed by atoms with Gasteiger partial charge in [0.15, 0.2) is 5.69 Å². The van der Waals surface area contributed by atoms with Crippen LogP contribution in [0.4, 0.5) is 0 Å². The van der Waals surface area contributed by atoms with Crippen LogP contribution in [-0.2, 0) is 6.54 Å². The van der Waals surface area contributed by atoms with E-state index in [1.807, 2.05) is 75.0 Å². The molecule has 0 fully saturated rings. The fraction of sp³-hybridized carbons (Fsp3) is 0.391. The van der Waals surface area contributed by atoms with Crippen molar-refractivity contribution in [2.24, 2.45) is 0 Å². The van der Waals surface area contributed by atoms with Gasteiger partial charge in [0.25, 0.3) is 0 Å². The van der Waals surface area contributed by atoms with Gasteiger partial charge < -0.3 is 9.47 Å². The molecule has 0 spiro atoms. The van der Waals surface area contributed by atoms with E-state index in [-0.39, 0.29) is 24.5 Å². The summed E-state index contributed by atoms with van der Waals surface area (Å²) in [5.74, 6) is 1.37. The Hall–Kier alpha value is -2.40. The molecule has 0 unspecified atom stereocenters. The summed E-state index contributed by atoms with van der Waals surface area (Å²) in [4.78, 5) is 14.5. The SMILES string of the molecule is Cc1sc[n+](CC(=O)c2cc(OC(C)C)c3ccccc3c2OC(C)C)c1C. The van der Waals surface area contributed by atoms with Crippen LogP contribution in [0.3, 0.4) is 0 Å². The molecule has 1 aromatic heterocycles. The molecule has 4 nitrogen and oxygen atoms in total. The summed E-state index contributed by atoms with van der Waals surface area (Å²) >= 11 is 1.65. The molecule has 5 heteroatoms. The van der Waals surface area contributed by atoms with Crippen molar-refractivity contribution in [2.75, 3.05) is 0 Å². The zero-order valence-corrected chi connectivity index (χ0v) is 18.2. The molecular formula is C23H28NO3S+. The average molecular weight is 399 g/mol. The third-order valence-corrected chi connectivity index (χ3v) is 5.59. The maximum Gasteiger partial charge on any atom is 0.231 e. The van der Waals surface area contributed by atoms with Crippen LogP contribution in [-0.4, -0.2) is 18.0 Å². The zero-order chi connectivity index (χ0) is 20.4. The number of aryl methyl sites for hydroxylation is 1. The van der Waals surface area contributed by atoms with E-state index in [0.717, 1.165) is 16.5 Å². The molecule has 0 radical (unpaired) electrons. The van der Waals surface area contributed by atoms with Crippen LogP contribution in [0.1, 0.15) is 48.6 Å². The summed E-state index contributed by atoms with van der Waals surface area (Å²) in [6, 6.07) is 9.78. The predicted molar refractivity (Wildman–Crippen MR) is 114 cm³/mol. The Morgan fingerprint density at radius 1 is 1.04 bits per heavy atom. The Morgan fingerprint density at radius 2 is 1.68 bits per heavy atom. The molecule has 1 heterocycles. The van der Waals surface area contributed by atoms with Gasteiger partial charge in [-0.15, -0.1) is 0 Å². The molecule has 3 rings (SSSR count). The van der Waals surface area contributed by atoms with Gasteiger partial charge in [-0.3, -0.25) is 4.79 Å². The van der Waals surface area contributed by atoms with Crippen molar-refractivity contribution in [3.8, 4) is 11.5 Å². The Bertz CT molecular complexity index is 1000. The second-order valence-corrected chi connectivity index (χ2v) is 8.61. The second kappa shape index (κ2) is 8.31. The number of nitrogens with zero attached hydrogens (tertiary/aromatic N) is 1. The molecule has 0 amide bonds. The summed E-state index contributed by atoms with van der Waals surface area (Å²) < 4.78 is 14.2. The topological polar surface area (TPSA) is 39.4 Å². The number of thiazole rings is 1. The fourth-order valence-corrected chi connectivity index (χ4v) is 3.95. The molecular weight excluding hydrogens is 370 g/mol. The summed E-state index contributed by atoms with van der Waals surface area (Å²) in [6.45, 7) is 12.3. The zero-order valence-electron chi connectivity index (χ0n) is 17.4. The Labute approximate surface area is 170 Å². The van der Waals surface area contributed by atoms with Gasteiger partial charge in [-0.25, -0.2) is 0 Å². The van der Waals surface area contributed by atoms with E-state index in [1.165, 1.54) is 4.88 Å². The molecule has 0 aliphatic rings. The van der Waals surface area contributed by atoms with Crippen molar-refractivity contribution in [2.45, 2.75) is 60.3 Å². The predicted octanol–water partition coefficient (Wildman–Crippen LogP) is 5.26. The van der Waals surface area contributed by atoms with Crippen LogP contribution < -0.4 is 14.0 Å². The number of Topliss-reactive ketones (excluding diaryl/α,β-unsaturated/α-hetero) is 1. The molecule has 28 heavy (non-hydrogen) atoms. The highest BCUT2D eigenvalue weighted by Crippen LogP contribution is 2.38. The van der Waals surface area contributed by atoms with E-state index in [2.05, 4.69) is 6.92 Å². The number of ether oxygens (including phenoxy) is 2. The molecule has 0 aliphatic heterocycles. The van der Waals surface area contributed by atoms with Crippen molar-refractivity contribution in [3.05, 3.63) is 52.0 Å². The minimum Gasteiger partial charge on any atom is -0.490 e. The summed E-state index contributed by atoms with van der Waals surface area (Å²) in [7, 11) is 0. The quantitative estimate of drug-likeness (QED) is 0.402. The van der Waals surface area contributed by atoms with E-state index in [0.29, 0.717) is 17.1 Å². The average Bonchev–Trinajstić information content (AvgIpc) is 2.94. The monoisotopic (exact) mass is 398 g/mol. The maximum absolute atomic E-state index is 13.3. The number of carbonyl (C=O) groups is 1. The van der Waals surface area contributed by atoms with Crippen molar-refractivity contribution in [1.82, 2.24) is 0 Å². The molecule has 2 aromatic carbocycles. The summed E-state index contributed by atoms with van der Waals surface area (Å²) in [5, 5.41) is 1.86. The van der Waals surface area contributed by atoms with Crippen LogP contribution >= 0.6 is 11.3 Å². The van der Waals surface area contributed by atoms with Crippen LogP contribution in [0.25, 0.3) is 10.8 Å². The summed E-state index contributed by atoms with van der Waals surface area (Å²) in [5.41, 5.74) is 3.68. The second-order valence-electron chi connectivity index (χ2n) is 7.55. The highest BCUT2D eigenvalue weighted by atomic mass is 32.1. The van der Waals surface area contributed by atoms with E-state index in [1.54, 1.807) is 11.3 Å². The normalized spacial score (nSPS) is 11.4. The number of hydrogen-bond donors (Lipinski definition) is 0. The molecule has 0 bridgehead atoms. The number of benzene rings is 2. The third kappa shape index (κ3) is 4.20. The number of aromatic nitrogens is 1. The Morgan fingerprint density at radius 3 is 2.25 bits per heavy atom.